The van der Waals surface area contributed by atoms with E-state index in [1.807, 2.05) is 28.9 Å². The van der Waals surface area contributed by atoms with Gasteiger partial charge in [-0.2, -0.15) is 5.10 Å². The zero-order chi connectivity index (χ0) is 12.8. The number of nitrogens with one attached hydrogen (secondary N) is 1. The van der Waals surface area contributed by atoms with Gasteiger partial charge in [-0.15, -0.1) is 0 Å². The molecule has 5 heteroatoms. The van der Waals surface area contributed by atoms with E-state index in [2.05, 4.69) is 10.4 Å². The second-order valence-corrected chi connectivity index (χ2v) is 4.87. The zero-order valence-corrected chi connectivity index (χ0v) is 11.1. The second-order valence-electron chi connectivity index (χ2n) is 4.87. The Morgan fingerprint density at radius 3 is 2.94 bits per heavy atom. The Labute approximate surface area is 108 Å². The van der Waals surface area contributed by atoms with Gasteiger partial charge in [0.25, 0.3) is 0 Å². The van der Waals surface area contributed by atoms with E-state index in [1.165, 1.54) is 5.56 Å². The summed E-state index contributed by atoms with van der Waals surface area (Å²) in [5.41, 5.74) is 1.20. The molecule has 1 fully saturated rings. The molecule has 2 heterocycles. The van der Waals surface area contributed by atoms with E-state index in [4.69, 9.17) is 0 Å². The summed E-state index contributed by atoms with van der Waals surface area (Å²) in [6, 6.07) is 0. The minimum absolute atomic E-state index is 0.321. The van der Waals surface area contributed by atoms with Crippen LogP contribution in [0.3, 0.4) is 0 Å². The molecule has 0 saturated carbocycles. The molecule has 0 unspecified atom stereocenters. The van der Waals surface area contributed by atoms with Gasteiger partial charge in [-0.25, -0.2) is 0 Å². The quantitative estimate of drug-likeness (QED) is 0.728. The third-order valence-electron chi connectivity index (χ3n) is 3.23. The maximum absolute atomic E-state index is 11.4. The standard InChI is InChI=1S/C13H22N4O/c1-12-10-15-17(11-12)9-6-14-5-3-8-16-7-2-4-13(16)18/h10-11,14H,2-9H2,1H3. The lowest BCUT2D eigenvalue weighted by atomic mass is 10.4. The molecule has 1 aliphatic rings. The fourth-order valence-corrected chi connectivity index (χ4v) is 2.24. The van der Waals surface area contributed by atoms with Crippen LogP contribution in [0.15, 0.2) is 12.4 Å². The summed E-state index contributed by atoms with van der Waals surface area (Å²) in [6.45, 7) is 6.68. The number of amides is 1. The number of aromatic nitrogens is 2. The van der Waals surface area contributed by atoms with Gasteiger partial charge in [-0.1, -0.05) is 0 Å². The Balaban J connectivity index is 1.50. The molecule has 1 saturated heterocycles. The molecule has 0 atom stereocenters. The molecule has 1 N–H and O–H groups in total. The lowest BCUT2D eigenvalue weighted by molar-refractivity contribution is -0.127. The maximum Gasteiger partial charge on any atom is 0.222 e. The van der Waals surface area contributed by atoms with Crippen molar-refractivity contribution in [1.29, 1.82) is 0 Å². The van der Waals surface area contributed by atoms with E-state index in [0.717, 1.165) is 52.0 Å². The van der Waals surface area contributed by atoms with Crippen molar-refractivity contribution < 1.29 is 4.79 Å². The van der Waals surface area contributed by atoms with Crippen molar-refractivity contribution in [2.24, 2.45) is 0 Å². The van der Waals surface area contributed by atoms with Crippen LogP contribution in [0.2, 0.25) is 0 Å². The van der Waals surface area contributed by atoms with Crippen LogP contribution in [0.5, 0.6) is 0 Å². The summed E-state index contributed by atoms with van der Waals surface area (Å²) >= 11 is 0. The fraction of sp³-hybridized carbons (Fsp3) is 0.692. The molecule has 0 aliphatic carbocycles. The number of hydrogen-bond donors (Lipinski definition) is 1. The maximum atomic E-state index is 11.4. The summed E-state index contributed by atoms with van der Waals surface area (Å²) in [6.07, 6.45) is 6.73. The van der Waals surface area contributed by atoms with Gasteiger partial charge in [0.05, 0.1) is 12.7 Å². The van der Waals surface area contributed by atoms with Gasteiger partial charge in [0.1, 0.15) is 0 Å². The van der Waals surface area contributed by atoms with E-state index in [0.29, 0.717) is 5.91 Å². The van der Waals surface area contributed by atoms with Crippen LogP contribution in [0.1, 0.15) is 24.8 Å². The van der Waals surface area contributed by atoms with Crippen LogP contribution in [-0.4, -0.2) is 46.8 Å². The van der Waals surface area contributed by atoms with Crippen LogP contribution in [0.4, 0.5) is 0 Å². The largest absolute Gasteiger partial charge is 0.343 e. The summed E-state index contributed by atoms with van der Waals surface area (Å²) in [4.78, 5) is 13.3. The van der Waals surface area contributed by atoms with Gasteiger partial charge in [0, 0.05) is 32.3 Å². The zero-order valence-electron chi connectivity index (χ0n) is 11.1. The summed E-state index contributed by atoms with van der Waals surface area (Å²) in [5, 5.41) is 7.61. The van der Waals surface area contributed by atoms with Crippen molar-refractivity contribution in [2.45, 2.75) is 32.7 Å². The molecule has 5 nitrogen and oxygen atoms in total. The first-order valence-electron chi connectivity index (χ1n) is 6.73. The van der Waals surface area contributed by atoms with E-state index in [9.17, 15) is 4.79 Å². The van der Waals surface area contributed by atoms with E-state index >= 15 is 0 Å². The molecule has 0 bridgehead atoms. The topological polar surface area (TPSA) is 50.2 Å². The monoisotopic (exact) mass is 250 g/mol. The van der Waals surface area contributed by atoms with Crippen LogP contribution in [-0.2, 0) is 11.3 Å². The second kappa shape index (κ2) is 6.54. The molecule has 0 aromatic carbocycles. The average molecular weight is 250 g/mol. The normalized spacial score (nSPS) is 15.6. The molecule has 1 aliphatic heterocycles. The van der Waals surface area contributed by atoms with Crippen LogP contribution < -0.4 is 5.32 Å². The lowest BCUT2D eigenvalue weighted by Gasteiger charge is -2.15. The van der Waals surface area contributed by atoms with Crippen molar-refractivity contribution in [1.82, 2.24) is 20.0 Å². The highest BCUT2D eigenvalue weighted by atomic mass is 16.2. The molecule has 1 aromatic rings. The number of carbonyl (C=O) groups is 1. The van der Waals surface area contributed by atoms with Gasteiger partial charge in [-0.3, -0.25) is 9.48 Å². The van der Waals surface area contributed by atoms with Crippen molar-refractivity contribution in [3.8, 4) is 0 Å². The van der Waals surface area contributed by atoms with Crippen LogP contribution in [0.25, 0.3) is 0 Å². The van der Waals surface area contributed by atoms with Gasteiger partial charge in [-0.05, 0) is 31.9 Å². The minimum Gasteiger partial charge on any atom is -0.343 e. The highest BCUT2D eigenvalue weighted by molar-refractivity contribution is 5.77. The Morgan fingerprint density at radius 2 is 2.28 bits per heavy atom. The molecule has 1 aromatic heterocycles. The Kier molecular flexibility index (Phi) is 4.75. The number of hydrogen-bond acceptors (Lipinski definition) is 3. The molecule has 100 valence electrons. The van der Waals surface area contributed by atoms with Crippen molar-refractivity contribution in [2.75, 3.05) is 26.2 Å². The Hall–Kier alpha value is -1.36. The Morgan fingerprint density at radius 1 is 1.39 bits per heavy atom. The summed E-state index contributed by atoms with van der Waals surface area (Å²) in [7, 11) is 0. The first-order chi connectivity index (χ1) is 8.75. The average Bonchev–Trinajstić information content (AvgIpc) is 2.93. The van der Waals surface area contributed by atoms with Crippen LogP contribution in [0, 0.1) is 6.92 Å². The first kappa shape index (κ1) is 13.1. The number of aryl methyl sites for hydroxylation is 1. The van der Waals surface area contributed by atoms with Crippen molar-refractivity contribution in [3.63, 3.8) is 0 Å². The number of rotatable bonds is 7. The number of carbonyl (C=O) groups excluding carboxylic acids is 1. The molecule has 18 heavy (non-hydrogen) atoms. The first-order valence-corrected chi connectivity index (χ1v) is 6.73. The molecular weight excluding hydrogens is 228 g/mol. The third-order valence-corrected chi connectivity index (χ3v) is 3.23. The minimum atomic E-state index is 0.321. The van der Waals surface area contributed by atoms with Crippen molar-refractivity contribution in [3.05, 3.63) is 18.0 Å². The highest BCUT2D eigenvalue weighted by Gasteiger charge is 2.18. The summed E-state index contributed by atoms with van der Waals surface area (Å²) in [5.74, 6) is 0.321. The lowest BCUT2D eigenvalue weighted by Crippen LogP contribution is -2.29. The van der Waals surface area contributed by atoms with Gasteiger partial charge < -0.3 is 10.2 Å². The predicted octanol–water partition coefficient (Wildman–Crippen LogP) is 0.794. The van der Waals surface area contributed by atoms with E-state index in [-0.39, 0.29) is 0 Å². The van der Waals surface area contributed by atoms with Gasteiger partial charge >= 0.3 is 0 Å². The van der Waals surface area contributed by atoms with Gasteiger partial charge in [0.15, 0.2) is 0 Å². The SMILES string of the molecule is Cc1cnn(CCNCCCN2CCCC2=O)c1. The smallest absolute Gasteiger partial charge is 0.222 e. The van der Waals surface area contributed by atoms with E-state index in [1.54, 1.807) is 0 Å². The Bertz CT molecular complexity index is 388. The molecule has 0 radical (unpaired) electrons. The molecular formula is C13H22N4O. The van der Waals surface area contributed by atoms with Gasteiger partial charge in [0.2, 0.25) is 5.91 Å². The number of likely N-dealkylation sites (tertiary alicyclic amines) is 1. The summed E-state index contributed by atoms with van der Waals surface area (Å²) < 4.78 is 1.95. The van der Waals surface area contributed by atoms with Crippen LogP contribution >= 0.6 is 0 Å². The number of nitrogens with zero attached hydrogens (tertiary/aromatic N) is 3. The molecule has 0 spiro atoms. The predicted molar refractivity (Wildman–Crippen MR) is 70.3 cm³/mol. The molecule has 2 rings (SSSR count). The third kappa shape index (κ3) is 3.84. The highest BCUT2D eigenvalue weighted by Crippen LogP contribution is 2.09. The molecule has 1 amide bonds. The van der Waals surface area contributed by atoms with Crippen molar-refractivity contribution >= 4 is 5.91 Å². The fourth-order valence-electron chi connectivity index (χ4n) is 2.24. The van der Waals surface area contributed by atoms with E-state index < -0.39 is 0 Å².